The van der Waals surface area contributed by atoms with Gasteiger partial charge in [-0.3, -0.25) is 4.79 Å². The van der Waals surface area contributed by atoms with Crippen molar-refractivity contribution < 1.29 is 22.7 Å². The van der Waals surface area contributed by atoms with Crippen LogP contribution < -0.4 is 4.74 Å². The van der Waals surface area contributed by atoms with Crippen molar-refractivity contribution in [2.75, 3.05) is 60.6 Å². The molecular weight excluding hydrogens is 478 g/mol. The number of hydrogen-bond acceptors (Lipinski definition) is 6. The Morgan fingerprint density at radius 3 is 2.17 bits per heavy atom. The standard InChI is InChI=1S/C27H47N3O5S/c1-10-30(11-2)13-12-22-18-24(27(22,5)6)29(8)25(31)19-35-15-14-28(7)36(32,33)26-20(3)16-23(34-9)17-21(26)4/h16-17,22,24H,10-15,18-19H2,1-9H3/t22-,24+/m0/s1. The number of sulfonamides is 1. The van der Waals surface area contributed by atoms with Crippen LogP contribution in [0.3, 0.4) is 0 Å². The highest BCUT2D eigenvalue weighted by atomic mass is 32.2. The van der Waals surface area contributed by atoms with E-state index in [1.54, 1.807) is 33.1 Å². The second-order valence-electron chi connectivity index (χ2n) is 10.6. The highest BCUT2D eigenvalue weighted by Crippen LogP contribution is 2.50. The first-order valence-electron chi connectivity index (χ1n) is 13.0. The van der Waals surface area contributed by atoms with Crippen molar-refractivity contribution in [3.8, 4) is 5.75 Å². The van der Waals surface area contributed by atoms with Gasteiger partial charge in [-0.2, -0.15) is 4.31 Å². The van der Waals surface area contributed by atoms with Gasteiger partial charge in [0.05, 0.1) is 18.6 Å². The smallest absolute Gasteiger partial charge is 0.248 e. The molecule has 0 saturated heterocycles. The predicted octanol–water partition coefficient (Wildman–Crippen LogP) is 3.55. The number of likely N-dealkylation sites (N-methyl/N-ethyl adjacent to an activating group) is 2. The lowest BCUT2D eigenvalue weighted by molar-refractivity contribution is -0.148. The second-order valence-corrected chi connectivity index (χ2v) is 12.5. The minimum Gasteiger partial charge on any atom is -0.497 e. The highest BCUT2D eigenvalue weighted by Gasteiger charge is 2.50. The number of benzene rings is 1. The number of methoxy groups -OCH3 is 1. The first kappa shape index (κ1) is 30.5. The lowest BCUT2D eigenvalue weighted by atomic mass is 9.57. The Hall–Kier alpha value is -1.68. The maximum absolute atomic E-state index is 13.1. The summed E-state index contributed by atoms with van der Waals surface area (Å²) in [6.07, 6.45) is 2.16. The average Bonchev–Trinajstić information content (AvgIpc) is 2.82. The van der Waals surface area contributed by atoms with E-state index in [0.29, 0.717) is 22.8 Å². The van der Waals surface area contributed by atoms with Crippen LogP contribution in [0, 0.1) is 25.2 Å². The van der Waals surface area contributed by atoms with Gasteiger partial charge in [0.15, 0.2) is 0 Å². The van der Waals surface area contributed by atoms with Gasteiger partial charge in [0.1, 0.15) is 12.4 Å². The molecule has 1 aromatic rings. The molecule has 8 nitrogen and oxygen atoms in total. The van der Waals surface area contributed by atoms with Crippen molar-refractivity contribution in [2.45, 2.75) is 65.3 Å². The Kier molecular flexibility index (Phi) is 10.8. The van der Waals surface area contributed by atoms with Crippen molar-refractivity contribution in [2.24, 2.45) is 11.3 Å². The van der Waals surface area contributed by atoms with E-state index in [1.807, 2.05) is 11.9 Å². The lowest BCUT2D eigenvalue weighted by Gasteiger charge is -2.56. The van der Waals surface area contributed by atoms with Gasteiger partial charge in [0.2, 0.25) is 15.9 Å². The number of ether oxygens (including phenoxy) is 2. The van der Waals surface area contributed by atoms with Crippen molar-refractivity contribution in [1.29, 1.82) is 0 Å². The van der Waals surface area contributed by atoms with Crippen molar-refractivity contribution in [3.63, 3.8) is 0 Å². The Morgan fingerprint density at radius 2 is 1.67 bits per heavy atom. The van der Waals surface area contributed by atoms with E-state index in [-0.39, 0.29) is 42.0 Å². The summed E-state index contributed by atoms with van der Waals surface area (Å²) < 4.78 is 38.4. The monoisotopic (exact) mass is 525 g/mol. The number of amides is 1. The number of aryl methyl sites for hydroxylation is 2. The molecule has 1 saturated carbocycles. The molecule has 36 heavy (non-hydrogen) atoms. The molecule has 1 fully saturated rings. The summed E-state index contributed by atoms with van der Waals surface area (Å²) in [5, 5.41) is 0. The zero-order chi connectivity index (χ0) is 27.3. The van der Waals surface area contributed by atoms with Crippen molar-refractivity contribution >= 4 is 15.9 Å². The van der Waals surface area contributed by atoms with Gasteiger partial charge < -0.3 is 19.3 Å². The highest BCUT2D eigenvalue weighted by molar-refractivity contribution is 7.89. The fourth-order valence-electron chi connectivity index (χ4n) is 5.35. The summed E-state index contributed by atoms with van der Waals surface area (Å²) in [7, 11) is 1.25. The molecule has 1 aliphatic rings. The SMILES string of the molecule is CCN(CC)CC[C@H]1C[C@@H](N(C)C(=O)COCCN(C)S(=O)(=O)c2c(C)cc(OC)cc2C)C1(C)C. The topological polar surface area (TPSA) is 79.4 Å². The largest absolute Gasteiger partial charge is 0.497 e. The minimum absolute atomic E-state index is 0.0539. The molecular formula is C27H47N3O5S. The first-order valence-corrected chi connectivity index (χ1v) is 14.4. The zero-order valence-electron chi connectivity index (χ0n) is 23.8. The van der Waals surface area contributed by atoms with E-state index in [0.717, 1.165) is 32.5 Å². The molecule has 0 spiro atoms. The Bertz CT molecular complexity index is 968. The van der Waals surface area contributed by atoms with Crippen LogP contribution in [0.25, 0.3) is 0 Å². The van der Waals surface area contributed by atoms with Crippen LogP contribution in [0.4, 0.5) is 0 Å². The molecule has 2 rings (SSSR count). The summed E-state index contributed by atoms with van der Waals surface area (Å²) in [6.45, 7) is 15.9. The number of hydrogen-bond donors (Lipinski definition) is 0. The van der Waals surface area contributed by atoms with E-state index in [4.69, 9.17) is 9.47 Å². The molecule has 0 aliphatic heterocycles. The summed E-state index contributed by atoms with van der Waals surface area (Å²) in [6, 6.07) is 3.63. The molecule has 0 N–H and O–H groups in total. The molecule has 206 valence electrons. The summed E-state index contributed by atoms with van der Waals surface area (Å²) in [4.78, 5) is 17.3. The fourth-order valence-corrected chi connectivity index (χ4v) is 6.91. The third-order valence-corrected chi connectivity index (χ3v) is 10.2. The molecule has 0 aromatic heterocycles. The van der Waals surface area contributed by atoms with E-state index < -0.39 is 10.0 Å². The van der Waals surface area contributed by atoms with Crippen LogP contribution in [-0.4, -0.2) is 95.1 Å². The van der Waals surface area contributed by atoms with E-state index in [1.165, 1.54) is 11.4 Å². The molecule has 9 heteroatoms. The molecule has 1 amide bonds. The fraction of sp³-hybridized carbons (Fsp3) is 0.741. The van der Waals surface area contributed by atoms with Gasteiger partial charge in [0.25, 0.3) is 0 Å². The minimum atomic E-state index is -3.69. The zero-order valence-corrected chi connectivity index (χ0v) is 24.6. The summed E-state index contributed by atoms with van der Waals surface area (Å²) in [5.41, 5.74) is 1.34. The van der Waals surface area contributed by atoms with E-state index in [9.17, 15) is 13.2 Å². The normalized spacial score (nSPS) is 19.4. The van der Waals surface area contributed by atoms with Gasteiger partial charge >= 0.3 is 0 Å². The average molecular weight is 526 g/mol. The molecule has 0 heterocycles. The Balaban J connectivity index is 1.84. The first-order chi connectivity index (χ1) is 16.8. The maximum Gasteiger partial charge on any atom is 0.248 e. The molecule has 0 bridgehead atoms. The number of nitrogens with zero attached hydrogens (tertiary/aromatic N) is 3. The number of carbonyl (C=O) groups is 1. The molecule has 2 atom stereocenters. The molecule has 0 radical (unpaired) electrons. The molecule has 0 unspecified atom stereocenters. The summed E-state index contributed by atoms with van der Waals surface area (Å²) >= 11 is 0. The van der Waals surface area contributed by atoms with Crippen molar-refractivity contribution in [3.05, 3.63) is 23.3 Å². The third-order valence-electron chi connectivity index (χ3n) is 8.08. The van der Waals surface area contributed by atoms with Gasteiger partial charge in [-0.15, -0.1) is 0 Å². The van der Waals surface area contributed by atoms with Crippen LogP contribution in [0.5, 0.6) is 5.75 Å². The maximum atomic E-state index is 13.1. The van der Waals surface area contributed by atoms with E-state index in [2.05, 4.69) is 32.6 Å². The van der Waals surface area contributed by atoms with Crippen LogP contribution >= 0.6 is 0 Å². The third kappa shape index (κ3) is 6.79. The van der Waals surface area contributed by atoms with Gasteiger partial charge in [-0.05, 0) is 80.9 Å². The van der Waals surface area contributed by atoms with Gasteiger partial charge in [-0.1, -0.05) is 27.7 Å². The van der Waals surface area contributed by atoms with E-state index >= 15 is 0 Å². The number of carbonyl (C=O) groups excluding carboxylic acids is 1. The Labute approximate surface area is 219 Å². The molecule has 1 aromatic carbocycles. The predicted molar refractivity (Wildman–Crippen MR) is 144 cm³/mol. The van der Waals surface area contributed by atoms with Crippen molar-refractivity contribution in [1.82, 2.24) is 14.1 Å². The molecule has 1 aliphatic carbocycles. The summed E-state index contributed by atoms with van der Waals surface area (Å²) in [5.74, 6) is 1.16. The second kappa shape index (κ2) is 12.7. The quantitative estimate of drug-likeness (QED) is 0.346. The number of rotatable bonds is 14. The van der Waals surface area contributed by atoms with Crippen LogP contribution in [0.2, 0.25) is 0 Å². The van der Waals surface area contributed by atoms with Gasteiger partial charge in [-0.25, -0.2) is 8.42 Å². The van der Waals surface area contributed by atoms with Gasteiger partial charge in [0, 0.05) is 26.7 Å². The lowest BCUT2D eigenvalue weighted by Crippen LogP contribution is -2.59. The van der Waals surface area contributed by atoms with Crippen LogP contribution in [0.15, 0.2) is 17.0 Å². The Morgan fingerprint density at radius 1 is 1.08 bits per heavy atom. The van der Waals surface area contributed by atoms with Crippen LogP contribution in [-0.2, 0) is 19.6 Å². The van der Waals surface area contributed by atoms with Crippen LogP contribution in [0.1, 0.15) is 51.7 Å².